The fraction of sp³-hybridized carbons (Fsp3) is 0.250. The molecular weight excluding hydrogens is 352 g/mol. The quantitative estimate of drug-likeness (QED) is 0.280. The average Bonchev–Trinajstić information content (AvgIpc) is 2.70. The van der Waals surface area contributed by atoms with E-state index in [1.807, 2.05) is 0 Å². The molecule has 0 saturated carbocycles. The SMILES string of the molecule is O=C(OCCOCCOC(C(=O)O)c1ccccc1)C(=O)c1ccccc1. The van der Waals surface area contributed by atoms with Crippen molar-refractivity contribution in [1.29, 1.82) is 0 Å². The lowest BCUT2D eigenvalue weighted by molar-refractivity contribution is -0.152. The molecule has 0 aliphatic rings. The Balaban J connectivity index is 1.62. The zero-order chi connectivity index (χ0) is 19.5. The molecule has 142 valence electrons. The maximum Gasteiger partial charge on any atom is 0.379 e. The van der Waals surface area contributed by atoms with E-state index in [4.69, 9.17) is 14.2 Å². The largest absolute Gasteiger partial charge is 0.479 e. The van der Waals surface area contributed by atoms with Crippen molar-refractivity contribution >= 4 is 17.7 Å². The second-order valence-electron chi connectivity index (χ2n) is 5.44. The third-order valence-corrected chi connectivity index (χ3v) is 3.52. The number of Topliss-reactive ketones (excluding diaryl/α,β-unsaturated/α-hetero) is 1. The van der Waals surface area contributed by atoms with Crippen molar-refractivity contribution in [2.75, 3.05) is 26.4 Å². The second-order valence-corrected chi connectivity index (χ2v) is 5.44. The summed E-state index contributed by atoms with van der Waals surface area (Å²) in [5.41, 5.74) is 0.802. The first kappa shape index (κ1) is 20.3. The van der Waals surface area contributed by atoms with E-state index >= 15 is 0 Å². The minimum Gasteiger partial charge on any atom is -0.479 e. The summed E-state index contributed by atoms with van der Waals surface area (Å²) in [4.78, 5) is 34.7. The van der Waals surface area contributed by atoms with Gasteiger partial charge in [-0.3, -0.25) is 4.79 Å². The highest BCUT2D eigenvalue weighted by Gasteiger charge is 2.20. The highest BCUT2D eigenvalue weighted by Crippen LogP contribution is 2.16. The van der Waals surface area contributed by atoms with Crippen molar-refractivity contribution in [2.24, 2.45) is 0 Å². The van der Waals surface area contributed by atoms with Gasteiger partial charge in [-0.25, -0.2) is 9.59 Å². The number of ketones is 1. The van der Waals surface area contributed by atoms with Crippen LogP contribution in [0.25, 0.3) is 0 Å². The minimum atomic E-state index is -1.09. The Morgan fingerprint density at radius 1 is 0.815 bits per heavy atom. The van der Waals surface area contributed by atoms with Gasteiger partial charge < -0.3 is 19.3 Å². The Bertz CT molecular complexity index is 743. The molecule has 1 unspecified atom stereocenters. The number of aliphatic carboxylic acids is 1. The summed E-state index contributed by atoms with van der Waals surface area (Å²) in [7, 11) is 0. The summed E-state index contributed by atoms with van der Waals surface area (Å²) >= 11 is 0. The molecule has 7 nitrogen and oxygen atoms in total. The topological polar surface area (TPSA) is 99.1 Å². The van der Waals surface area contributed by atoms with E-state index in [2.05, 4.69) is 0 Å². The molecule has 2 aromatic carbocycles. The summed E-state index contributed by atoms with van der Waals surface area (Å²) in [6.45, 7) is 0.169. The smallest absolute Gasteiger partial charge is 0.379 e. The second kappa shape index (κ2) is 10.8. The molecule has 0 bridgehead atoms. The third kappa shape index (κ3) is 6.65. The first-order chi connectivity index (χ1) is 13.1. The highest BCUT2D eigenvalue weighted by molar-refractivity contribution is 6.40. The van der Waals surface area contributed by atoms with Crippen molar-refractivity contribution in [3.8, 4) is 0 Å². The average molecular weight is 372 g/mol. The Labute approximate surface area is 156 Å². The van der Waals surface area contributed by atoms with Crippen LogP contribution in [0.1, 0.15) is 22.0 Å². The lowest BCUT2D eigenvalue weighted by atomic mass is 10.1. The standard InChI is InChI=1S/C20H20O7/c21-17(15-7-3-1-4-8-15)20(24)27-14-12-25-11-13-26-18(19(22)23)16-9-5-2-6-10-16/h1-10,18H,11-14H2,(H,22,23). The summed E-state index contributed by atoms with van der Waals surface area (Å²) in [5, 5.41) is 9.22. The number of hydrogen-bond acceptors (Lipinski definition) is 6. The maximum atomic E-state index is 11.8. The maximum absolute atomic E-state index is 11.8. The number of esters is 1. The van der Waals surface area contributed by atoms with E-state index in [-0.39, 0.29) is 32.0 Å². The molecule has 0 heterocycles. The van der Waals surface area contributed by atoms with Gasteiger partial charge in [0.15, 0.2) is 6.10 Å². The normalized spacial score (nSPS) is 11.6. The zero-order valence-corrected chi connectivity index (χ0v) is 14.6. The van der Waals surface area contributed by atoms with Gasteiger partial charge in [0.05, 0.1) is 19.8 Å². The number of benzene rings is 2. The molecule has 0 spiro atoms. The summed E-state index contributed by atoms with van der Waals surface area (Å²) < 4.78 is 15.4. The molecule has 2 rings (SSSR count). The molecule has 0 aromatic heterocycles. The van der Waals surface area contributed by atoms with Crippen LogP contribution in [0.2, 0.25) is 0 Å². The number of hydrogen-bond donors (Lipinski definition) is 1. The first-order valence-corrected chi connectivity index (χ1v) is 8.33. The van der Waals surface area contributed by atoms with Gasteiger partial charge in [0, 0.05) is 5.56 Å². The Morgan fingerprint density at radius 3 is 2.04 bits per heavy atom. The molecule has 7 heteroatoms. The van der Waals surface area contributed by atoms with Gasteiger partial charge in [0.1, 0.15) is 6.61 Å². The van der Waals surface area contributed by atoms with Crippen molar-refractivity contribution in [2.45, 2.75) is 6.10 Å². The number of carbonyl (C=O) groups is 3. The van der Waals surface area contributed by atoms with Gasteiger partial charge in [0.25, 0.3) is 5.78 Å². The first-order valence-electron chi connectivity index (χ1n) is 8.33. The van der Waals surface area contributed by atoms with Crippen LogP contribution >= 0.6 is 0 Å². The predicted molar refractivity (Wildman–Crippen MR) is 95.3 cm³/mol. The monoisotopic (exact) mass is 372 g/mol. The van der Waals surface area contributed by atoms with Gasteiger partial charge in [-0.2, -0.15) is 0 Å². The lowest BCUT2D eigenvalue weighted by Gasteiger charge is -2.14. The molecule has 1 atom stereocenters. The van der Waals surface area contributed by atoms with Crippen molar-refractivity contribution in [3.63, 3.8) is 0 Å². The van der Waals surface area contributed by atoms with Crippen LogP contribution in [0.15, 0.2) is 60.7 Å². The zero-order valence-electron chi connectivity index (χ0n) is 14.6. The third-order valence-electron chi connectivity index (χ3n) is 3.52. The van der Waals surface area contributed by atoms with Gasteiger partial charge in [-0.15, -0.1) is 0 Å². The van der Waals surface area contributed by atoms with Gasteiger partial charge in [0.2, 0.25) is 0 Å². The van der Waals surface area contributed by atoms with E-state index in [0.29, 0.717) is 5.56 Å². The van der Waals surface area contributed by atoms with Crippen LogP contribution in [0.5, 0.6) is 0 Å². The van der Waals surface area contributed by atoms with E-state index in [9.17, 15) is 19.5 Å². The van der Waals surface area contributed by atoms with Gasteiger partial charge in [-0.05, 0) is 5.56 Å². The van der Waals surface area contributed by atoms with Crippen LogP contribution in [0, 0.1) is 0 Å². The molecule has 0 radical (unpaired) electrons. The van der Waals surface area contributed by atoms with Gasteiger partial charge >= 0.3 is 11.9 Å². The Morgan fingerprint density at radius 2 is 1.41 bits per heavy atom. The van der Waals surface area contributed by atoms with Crippen LogP contribution in [-0.4, -0.2) is 49.3 Å². The van der Waals surface area contributed by atoms with E-state index in [1.165, 1.54) is 12.1 Å². The molecule has 1 N–H and O–H groups in total. The number of carbonyl (C=O) groups excluding carboxylic acids is 2. The summed E-state index contributed by atoms with van der Waals surface area (Å²) in [6.07, 6.45) is -1.07. The fourth-order valence-corrected chi connectivity index (χ4v) is 2.23. The van der Waals surface area contributed by atoms with Crippen molar-refractivity contribution < 1.29 is 33.7 Å². The Hall–Kier alpha value is -3.03. The number of carboxylic acid groups (broad SMARTS) is 1. The molecule has 0 fully saturated rings. The van der Waals surface area contributed by atoms with Crippen LogP contribution in [0.4, 0.5) is 0 Å². The van der Waals surface area contributed by atoms with Crippen molar-refractivity contribution in [1.82, 2.24) is 0 Å². The van der Waals surface area contributed by atoms with Crippen LogP contribution in [-0.2, 0) is 23.8 Å². The van der Waals surface area contributed by atoms with E-state index in [0.717, 1.165) is 0 Å². The number of rotatable bonds is 11. The molecule has 0 aliphatic heterocycles. The summed E-state index contributed by atoms with van der Waals surface area (Å²) in [5.74, 6) is -2.75. The molecular formula is C20H20O7. The van der Waals surface area contributed by atoms with Crippen molar-refractivity contribution in [3.05, 3.63) is 71.8 Å². The minimum absolute atomic E-state index is 0.0583. The molecule has 2 aromatic rings. The molecule has 27 heavy (non-hydrogen) atoms. The number of carboxylic acids is 1. The number of ether oxygens (including phenoxy) is 3. The molecule has 0 aliphatic carbocycles. The highest BCUT2D eigenvalue weighted by atomic mass is 16.6. The summed E-state index contributed by atoms with van der Waals surface area (Å²) in [6, 6.07) is 16.7. The van der Waals surface area contributed by atoms with E-state index in [1.54, 1.807) is 48.5 Å². The van der Waals surface area contributed by atoms with E-state index < -0.39 is 23.8 Å². The fourth-order valence-electron chi connectivity index (χ4n) is 2.23. The Kier molecular flexibility index (Phi) is 8.15. The van der Waals surface area contributed by atoms with Crippen LogP contribution < -0.4 is 0 Å². The van der Waals surface area contributed by atoms with Gasteiger partial charge in [-0.1, -0.05) is 60.7 Å². The molecule has 0 saturated heterocycles. The van der Waals surface area contributed by atoms with Crippen LogP contribution in [0.3, 0.4) is 0 Å². The predicted octanol–water partition coefficient (Wildman–Crippen LogP) is 2.27. The lowest BCUT2D eigenvalue weighted by Crippen LogP contribution is -2.21. The molecule has 0 amide bonds.